The van der Waals surface area contributed by atoms with Crippen LogP contribution in [0.5, 0.6) is 11.5 Å². The van der Waals surface area contributed by atoms with Gasteiger partial charge in [-0.15, -0.1) is 5.10 Å². The number of carbonyl (C=O) groups is 1. The molecule has 2 N–H and O–H groups in total. The maximum absolute atomic E-state index is 11.6. The minimum absolute atomic E-state index is 0.0859. The Morgan fingerprint density at radius 2 is 1.90 bits per heavy atom. The van der Waals surface area contributed by atoms with E-state index < -0.39 is 5.97 Å². The molecule has 0 atom stereocenters. The minimum Gasteiger partial charge on any atom is -0.507 e. The van der Waals surface area contributed by atoms with E-state index in [0.717, 1.165) is 16.9 Å². The second kappa shape index (κ2) is 7.51. The lowest BCUT2D eigenvalue weighted by Gasteiger charge is -2.06. The monoisotopic (exact) mass is 390 g/mol. The van der Waals surface area contributed by atoms with Crippen LogP contribution < -0.4 is 10.1 Å². The molecular formula is C21H18N4O4. The first-order valence-corrected chi connectivity index (χ1v) is 8.77. The fraction of sp³-hybridized carbons (Fsp3) is 0.0952. The van der Waals surface area contributed by atoms with Crippen molar-refractivity contribution < 1.29 is 19.4 Å². The van der Waals surface area contributed by atoms with Gasteiger partial charge in [-0.25, -0.2) is 9.31 Å². The molecule has 4 rings (SSSR count). The summed E-state index contributed by atoms with van der Waals surface area (Å²) in [6, 6.07) is 16.1. The van der Waals surface area contributed by atoms with Crippen molar-refractivity contribution in [3.05, 3.63) is 66.4 Å². The van der Waals surface area contributed by atoms with Crippen molar-refractivity contribution >= 4 is 23.3 Å². The highest BCUT2D eigenvalue weighted by molar-refractivity contribution is 5.93. The number of hydrogen-bond donors (Lipinski definition) is 2. The number of benzene rings is 2. The number of pyridine rings is 1. The van der Waals surface area contributed by atoms with Crippen molar-refractivity contribution in [1.29, 1.82) is 0 Å². The van der Waals surface area contributed by atoms with Crippen LogP contribution in [-0.2, 0) is 4.74 Å². The molecule has 0 spiro atoms. The number of rotatable bonds is 5. The number of aromatic hydroxyl groups is 1. The number of phenols is 1. The number of carbonyl (C=O) groups excluding carboxylic acids is 1. The van der Waals surface area contributed by atoms with Gasteiger partial charge >= 0.3 is 5.97 Å². The van der Waals surface area contributed by atoms with Crippen molar-refractivity contribution in [2.45, 2.75) is 0 Å². The highest BCUT2D eigenvalue weighted by atomic mass is 16.5. The predicted molar refractivity (Wildman–Crippen MR) is 108 cm³/mol. The zero-order valence-electron chi connectivity index (χ0n) is 15.8. The molecule has 4 aromatic rings. The Balaban J connectivity index is 1.66. The third-order valence-electron chi connectivity index (χ3n) is 4.42. The number of methoxy groups -OCH3 is 2. The van der Waals surface area contributed by atoms with E-state index in [4.69, 9.17) is 4.74 Å². The summed E-state index contributed by atoms with van der Waals surface area (Å²) in [5, 5.41) is 17.5. The molecule has 0 aliphatic carbocycles. The fourth-order valence-electron chi connectivity index (χ4n) is 2.98. The smallest absolute Gasteiger partial charge is 0.341 e. The summed E-state index contributed by atoms with van der Waals surface area (Å²) in [5.41, 5.74) is 3.20. The lowest BCUT2D eigenvalue weighted by Crippen LogP contribution is -2.02. The summed E-state index contributed by atoms with van der Waals surface area (Å²) in [5.74, 6) is 0.337. The maximum atomic E-state index is 11.6. The summed E-state index contributed by atoms with van der Waals surface area (Å²) in [6.45, 7) is 0. The maximum Gasteiger partial charge on any atom is 0.341 e. The number of aromatic nitrogens is 3. The average Bonchev–Trinajstić information content (AvgIpc) is 3.16. The van der Waals surface area contributed by atoms with E-state index in [9.17, 15) is 9.90 Å². The standard InChI is InChI=1S/C21H18N4O4/c1-28-15-8-5-13(6-9-15)16-4-3-11-25-19(16)23-21(24-25)22-14-7-10-17(18(26)12-14)20(27)29-2/h3-12,26H,1-2H3,(H,22,24). The Morgan fingerprint density at radius 1 is 1.10 bits per heavy atom. The molecule has 0 aliphatic heterocycles. The molecule has 0 fully saturated rings. The van der Waals surface area contributed by atoms with Crippen LogP contribution in [-0.4, -0.2) is 39.9 Å². The molecule has 8 heteroatoms. The third-order valence-corrected chi connectivity index (χ3v) is 4.42. The lowest BCUT2D eigenvalue weighted by atomic mass is 10.1. The summed E-state index contributed by atoms with van der Waals surface area (Å²) in [7, 11) is 2.89. The van der Waals surface area contributed by atoms with Crippen LogP contribution in [0.15, 0.2) is 60.8 Å². The van der Waals surface area contributed by atoms with Gasteiger partial charge in [0.25, 0.3) is 0 Å². The molecule has 0 amide bonds. The zero-order chi connectivity index (χ0) is 20.4. The second-order valence-electron chi connectivity index (χ2n) is 6.20. The molecule has 2 aromatic carbocycles. The number of hydrogen-bond acceptors (Lipinski definition) is 7. The summed E-state index contributed by atoms with van der Waals surface area (Å²) in [6.07, 6.45) is 1.80. The Labute approximate surface area is 166 Å². The Hall–Kier alpha value is -4.07. The molecule has 0 saturated heterocycles. The van der Waals surface area contributed by atoms with Gasteiger partial charge in [0.1, 0.15) is 17.1 Å². The molecular weight excluding hydrogens is 372 g/mol. The molecule has 8 nitrogen and oxygen atoms in total. The fourth-order valence-corrected chi connectivity index (χ4v) is 2.98. The average molecular weight is 390 g/mol. The molecule has 0 aliphatic rings. The molecule has 0 unspecified atom stereocenters. The van der Waals surface area contributed by atoms with Crippen LogP contribution in [0.25, 0.3) is 16.8 Å². The lowest BCUT2D eigenvalue weighted by molar-refractivity contribution is 0.0597. The van der Waals surface area contributed by atoms with Gasteiger partial charge in [-0.1, -0.05) is 12.1 Å². The van der Waals surface area contributed by atoms with Gasteiger partial charge in [-0.2, -0.15) is 4.98 Å². The highest BCUT2D eigenvalue weighted by Crippen LogP contribution is 2.28. The Morgan fingerprint density at radius 3 is 2.59 bits per heavy atom. The van der Waals surface area contributed by atoms with Crippen molar-refractivity contribution in [2.75, 3.05) is 19.5 Å². The van der Waals surface area contributed by atoms with Crippen molar-refractivity contribution in [3.63, 3.8) is 0 Å². The number of fused-ring (bicyclic) bond motifs is 1. The van der Waals surface area contributed by atoms with E-state index in [1.54, 1.807) is 23.9 Å². The predicted octanol–water partition coefficient (Wildman–Crippen LogP) is 3.64. The van der Waals surface area contributed by atoms with Gasteiger partial charge in [-0.3, -0.25) is 0 Å². The second-order valence-corrected chi connectivity index (χ2v) is 6.20. The minimum atomic E-state index is -0.607. The Kier molecular flexibility index (Phi) is 4.74. The molecule has 146 valence electrons. The first-order valence-electron chi connectivity index (χ1n) is 8.77. The van der Waals surface area contributed by atoms with E-state index in [1.165, 1.54) is 19.2 Å². The molecule has 0 saturated carbocycles. The van der Waals surface area contributed by atoms with Crippen LogP contribution in [0, 0.1) is 0 Å². The summed E-state index contributed by atoms with van der Waals surface area (Å²) >= 11 is 0. The largest absolute Gasteiger partial charge is 0.507 e. The van der Waals surface area contributed by atoms with Crippen molar-refractivity contribution in [2.24, 2.45) is 0 Å². The molecule has 2 aromatic heterocycles. The van der Waals surface area contributed by atoms with Crippen LogP contribution in [0.4, 0.5) is 11.6 Å². The van der Waals surface area contributed by atoms with E-state index >= 15 is 0 Å². The number of esters is 1. The topological polar surface area (TPSA) is 98.0 Å². The molecule has 2 heterocycles. The summed E-state index contributed by atoms with van der Waals surface area (Å²) < 4.78 is 11.5. The highest BCUT2D eigenvalue weighted by Gasteiger charge is 2.14. The molecule has 0 bridgehead atoms. The number of ether oxygens (including phenoxy) is 2. The van der Waals surface area contributed by atoms with Crippen LogP contribution in [0.3, 0.4) is 0 Å². The number of nitrogens with zero attached hydrogens (tertiary/aromatic N) is 3. The SMILES string of the molecule is COC(=O)c1ccc(Nc2nc3c(-c4ccc(OC)cc4)cccn3n2)cc1O. The van der Waals surface area contributed by atoms with Gasteiger partial charge in [0.15, 0.2) is 5.65 Å². The van der Waals surface area contributed by atoms with Crippen LogP contribution in [0.2, 0.25) is 0 Å². The van der Waals surface area contributed by atoms with Gasteiger partial charge in [0, 0.05) is 23.5 Å². The molecule has 29 heavy (non-hydrogen) atoms. The summed E-state index contributed by atoms with van der Waals surface area (Å²) in [4.78, 5) is 16.2. The number of nitrogens with one attached hydrogen (secondary N) is 1. The van der Waals surface area contributed by atoms with E-state index in [0.29, 0.717) is 17.3 Å². The van der Waals surface area contributed by atoms with Crippen molar-refractivity contribution in [1.82, 2.24) is 14.6 Å². The first-order chi connectivity index (χ1) is 14.1. The van der Waals surface area contributed by atoms with Gasteiger partial charge in [0.2, 0.25) is 5.95 Å². The van der Waals surface area contributed by atoms with Crippen LogP contribution in [0.1, 0.15) is 10.4 Å². The zero-order valence-corrected chi connectivity index (χ0v) is 15.8. The van der Waals surface area contributed by atoms with Gasteiger partial charge in [0.05, 0.1) is 14.2 Å². The van der Waals surface area contributed by atoms with E-state index in [-0.39, 0.29) is 11.3 Å². The third kappa shape index (κ3) is 3.55. The van der Waals surface area contributed by atoms with Gasteiger partial charge in [-0.05, 0) is 42.0 Å². The van der Waals surface area contributed by atoms with Crippen molar-refractivity contribution in [3.8, 4) is 22.6 Å². The normalized spacial score (nSPS) is 10.7. The number of phenolic OH excluding ortho intramolecular Hbond substituents is 1. The quantitative estimate of drug-likeness (QED) is 0.502. The first kappa shape index (κ1) is 18.3. The Bertz CT molecular complexity index is 1190. The molecule has 0 radical (unpaired) electrons. The van der Waals surface area contributed by atoms with Crippen LogP contribution >= 0.6 is 0 Å². The van der Waals surface area contributed by atoms with E-state index in [1.807, 2.05) is 36.4 Å². The number of anilines is 2. The van der Waals surface area contributed by atoms with Gasteiger partial charge < -0.3 is 19.9 Å². The van der Waals surface area contributed by atoms with E-state index in [2.05, 4.69) is 20.1 Å².